The fourth-order valence-corrected chi connectivity index (χ4v) is 3.57. The summed E-state index contributed by atoms with van der Waals surface area (Å²) in [7, 11) is 3.57. The number of hydrogen-bond acceptors (Lipinski definition) is 3. The van der Waals surface area contributed by atoms with Crippen molar-refractivity contribution in [2.75, 3.05) is 20.6 Å². The summed E-state index contributed by atoms with van der Waals surface area (Å²) in [6, 6.07) is -0.442. The molecule has 0 saturated heterocycles. The highest BCUT2D eigenvalue weighted by Crippen LogP contribution is 2.11. The Kier molecular flexibility index (Phi) is 19.9. The third kappa shape index (κ3) is 18.7. The van der Waals surface area contributed by atoms with Crippen molar-refractivity contribution < 1.29 is 14.7 Å². The first kappa shape index (κ1) is 28.6. The van der Waals surface area contributed by atoms with Gasteiger partial charge >= 0.3 is 5.97 Å². The van der Waals surface area contributed by atoms with E-state index >= 15 is 0 Å². The minimum absolute atomic E-state index is 0.102. The molecule has 0 unspecified atom stereocenters. The monoisotopic (exact) mass is 424 g/mol. The van der Waals surface area contributed by atoms with Gasteiger partial charge in [-0.25, -0.2) is 0 Å². The lowest BCUT2D eigenvalue weighted by Crippen LogP contribution is -2.35. The summed E-state index contributed by atoms with van der Waals surface area (Å²) >= 11 is 0. The average molecular weight is 425 g/mol. The molecule has 0 saturated carbocycles. The van der Waals surface area contributed by atoms with Crippen LogP contribution < -0.4 is 5.32 Å². The third-order valence-corrected chi connectivity index (χ3v) is 5.55. The molecule has 0 bridgehead atoms. The first-order valence-corrected chi connectivity index (χ1v) is 12.3. The number of carbonyl (C=O) groups is 2. The lowest BCUT2D eigenvalue weighted by atomic mass is 10.1. The summed E-state index contributed by atoms with van der Waals surface area (Å²) in [5.41, 5.74) is 0. The zero-order chi connectivity index (χ0) is 22.5. The van der Waals surface area contributed by atoms with Crippen LogP contribution in [0.2, 0.25) is 0 Å². The fraction of sp³-hybridized carbons (Fsp3) is 0.840. The smallest absolute Gasteiger partial charge is 0.320 e. The molecule has 0 rings (SSSR count). The van der Waals surface area contributed by atoms with Gasteiger partial charge in [0.25, 0.3) is 0 Å². The van der Waals surface area contributed by atoms with E-state index in [4.69, 9.17) is 5.11 Å². The molecule has 0 spiro atoms. The topological polar surface area (TPSA) is 69.6 Å². The van der Waals surface area contributed by atoms with Crippen LogP contribution >= 0.6 is 0 Å². The van der Waals surface area contributed by atoms with Crippen LogP contribution in [0.4, 0.5) is 0 Å². The number of aliphatic carboxylic acids is 1. The molecule has 176 valence electrons. The van der Waals surface area contributed by atoms with E-state index in [1.54, 1.807) is 19.0 Å². The van der Waals surface area contributed by atoms with Gasteiger partial charge in [-0.2, -0.15) is 0 Å². The molecule has 30 heavy (non-hydrogen) atoms. The van der Waals surface area contributed by atoms with E-state index < -0.39 is 12.0 Å². The second-order valence-electron chi connectivity index (χ2n) is 8.64. The summed E-state index contributed by atoms with van der Waals surface area (Å²) in [6.07, 6.45) is 22.6. The molecule has 0 aromatic carbocycles. The fourth-order valence-electron chi connectivity index (χ4n) is 3.57. The Labute approximate surface area is 185 Å². The molecule has 2 N–H and O–H groups in total. The van der Waals surface area contributed by atoms with E-state index in [1.807, 2.05) is 0 Å². The molecular formula is C25H48N2O3. The number of amides is 1. The predicted octanol–water partition coefficient (Wildman–Crippen LogP) is 5.94. The summed E-state index contributed by atoms with van der Waals surface area (Å²) in [5.74, 6) is -0.681. The minimum atomic E-state index is -0.783. The average Bonchev–Trinajstić information content (AvgIpc) is 2.70. The van der Waals surface area contributed by atoms with Gasteiger partial charge in [-0.1, -0.05) is 70.4 Å². The summed E-state index contributed by atoms with van der Waals surface area (Å²) in [4.78, 5) is 24.7. The van der Waals surface area contributed by atoms with Crippen LogP contribution in [0, 0.1) is 0 Å². The van der Waals surface area contributed by atoms with E-state index in [1.165, 1.54) is 57.8 Å². The number of carboxylic acids is 1. The number of hydrogen-bond donors (Lipinski definition) is 2. The molecule has 0 aliphatic rings. The molecule has 0 radical (unpaired) electrons. The van der Waals surface area contributed by atoms with Crippen molar-refractivity contribution in [3.63, 3.8) is 0 Å². The predicted molar refractivity (Wildman–Crippen MR) is 127 cm³/mol. The summed E-state index contributed by atoms with van der Waals surface area (Å²) in [5, 5.41) is 12.1. The standard InChI is InChI=1S/C25H48N2O3/c1-4-5-6-7-8-9-10-11-12-13-14-15-16-17-21-24(28)26-22-19-18-20-23(25(29)30)27(2)3/h14-15,23H,4-13,16-22H2,1-3H3,(H,26,28)(H,29,30)/b15-14+/t23-/m0/s1. The highest BCUT2D eigenvalue weighted by Gasteiger charge is 2.18. The molecule has 0 aromatic rings. The van der Waals surface area contributed by atoms with E-state index in [9.17, 15) is 9.59 Å². The molecule has 0 fully saturated rings. The summed E-state index contributed by atoms with van der Waals surface area (Å²) < 4.78 is 0. The lowest BCUT2D eigenvalue weighted by Gasteiger charge is -2.19. The van der Waals surface area contributed by atoms with E-state index in [2.05, 4.69) is 24.4 Å². The van der Waals surface area contributed by atoms with Crippen LogP contribution in [0.5, 0.6) is 0 Å². The SMILES string of the molecule is CCCCCCCCCCC/C=C/CCCC(=O)NCCCC[C@@H](C(=O)O)N(C)C. The molecule has 0 heterocycles. The second kappa shape index (κ2) is 20.9. The Morgan fingerprint density at radius 1 is 0.833 bits per heavy atom. The van der Waals surface area contributed by atoms with Crippen molar-refractivity contribution in [2.24, 2.45) is 0 Å². The van der Waals surface area contributed by atoms with Gasteiger partial charge in [0.05, 0.1) is 0 Å². The van der Waals surface area contributed by atoms with Crippen LogP contribution in [0.3, 0.4) is 0 Å². The zero-order valence-corrected chi connectivity index (χ0v) is 20.0. The number of nitrogens with one attached hydrogen (secondary N) is 1. The molecule has 0 aromatic heterocycles. The normalized spacial score (nSPS) is 12.5. The Bertz CT molecular complexity index is 450. The van der Waals surface area contributed by atoms with Gasteiger partial charge in [-0.3, -0.25) is 14.5 Å². The number of carboxylic acid groups (broad SMARTS) is 1. The van der Waals surface area contributed by atoms with Crippen molar-refractivity contribution in [3.8, 4) is 0 Å². The molecule has 5 nitrogen and oxygen atoms in total. The van der Waals surface area contributed by atoms with Crippen molar-refractivity contribution in [1.29, 1.82) is 0 Å². The van der Waals surface area contributed by atoms with Gasteiger partial charge < -0.3 is 10.4 Å². The number of unbranched alkanes of at least 4 members (excludes halogenated alkanes) is 11. The van der Waals surface area contributed by atoms with E-state index in [0.29, 0.717) is 19.4 Å². The van der Waals surface area contributed by atoms with Gasteiger partial charge in [0, 0.05) is 13.0 Å². The van der Waals surface area contributed by atoms with Gasteiger partial charge in [0.1, 0.15) is 6.04 Å². The maximum Gasteiger partial charge on any atom is 0.320 e. The number of nitrogens with zero attached hydrogens (tertiary/aromatic N) is 1. The van der Waals surface area contributed by atoms with Crippen molar-refractivity contribution >= 4 is 11.9 Å². The largest absolute Gasteiger partial charge is 0.480 e. The van der Waals surface area contributed by atoms with Gasteiger partial charge in [-0.05, 0) is 59.0 Å². The highest BCUT2D eigenvalue weighted by atomic mass is 16.4. The van der Waals surface area contributed by atoms with Gasteiger partial charge in [0.2, 0.25) is 5.91 Å². The first-order chi connectivity index (χ1) is 14.5. The highest BCUT2D eigenvalue weighted by molar-refractivity contribution is 5.75. The van der Waals surface area contributed by atoms with Gasteiger partial charge in [-0.15, -0.1) is 0 Å². The van der Waals surface area contributed by atoms with Crippen molar-refractivity contribution in [1.82, 2.24) is 10.2 Å². The summed E-state index contributed by atoms with van der Waals surface area (Å²) in [6.45, 7) is 2.89. The van der Waals surface area contributed by atoms with Crippen LogP contribution in [0.1, 0.15) is 110 Å². The van der Waals surface area contributed by atoms with Crippen molar-refractivity contribution in [3.05, 3.63) is 12.2 Å². The molecular weight excluding hydrogens is 376 g/mol. The molecule has 1 amide bonds. The Morgan fingerprint density at radius 2 is 1.40 bits per heavy atom. The first-order valence-electron chi connectivity index (χ1n) is 12.3. The lowest BCUT2D eigenvalue weighted by molar-refractivity contribution is -0.142. The number of carbonyl (C=O) groups excluding carboxylic acids is 1. The Morgan fingerprint density at radius 3 is 1.97 bits per heavy atom. The van der Waals surface area contributed by atoms with E-state index in [-0.39, 0.29) is 5.91 Å². The van der Waals surface area contributed by atoms with Crippen LogP contribution in [0.15, 0.2) is 12.2 Å². The van der Waals surface area contributed by atoms with Crippen molar-refractivity contribution in [2.45, 2.75) is 116 Å². The van der Waals surface area contributed by atoms with E-state index in [0.717, 1.165) is 32.1 Å². The Balaban J connectivity index is 3.43. The van der Waals surface area contributed by atoms with Crippen LogP contribution in [-0.4, -0.2) is 48.6 Å². The number of allylic oxidation sites excluding steroid dienone is 2. The zero-order valence-electron chi connectivity index (χ0n) is 20.0. The maximum atomic E-state index is 11.8. The quantitative estimate of drug-likeness (QED) is 0.177. The molecule has 5 heteroatoms. The molecule has 0 aliphatic heterocycles. The molecule has 0 aliphatic carbocycles. The Hall–Kier alpha value is -1.36. The minimum Gasteiger partial charge on any atom is -0.480 e. The van der Waals surface area contributed by atoms with Gasteiger partial charge in [0.15, 0.2) is 0 Å². The van der Waals surface area contributed by atoms with Crippen LogP contribution in [-0.2, 0) is 9.59 Å². The third-order valence-electron chi connectivity index (χ3n) is 5.55. The van der Waals surface area contributed by atoms with Crippen LogP contribution in [0.25, 0.3) is 0 Å². The molecule has 1 atom stereocenters. The maximum absolute atomic E-state index is 11.8. The number of rotatable bonds is 21. The number of likely N-dealkylation sites (N-methyl/N-ethyl adjacent to an activating group) is 1. The second-order valence-corrected chi connectivity index (χ2v) is 8.64.